The Balaban J connectivity index is 2.51. The summed E-state index contributed by atoms with van der Waals surface area (Å²) in [5, 5.41) is 1.68. The lowest BCUT2D eigenvalue weighted by atomic mass is 10.1. The van der Waals surface area contributed by atoms with Crippen molar-refractivity contribution >= 4 is 32.7 Å². The SMILES string of the molecule is ClC1=NC=CC(CBr)C1. The molecule has 0 saturated carbocycles. The van der Waals surface area contributed by atoms with Gasteiger partial charge in [0, 0.05) is 18.0 Å². The van der Waals surface area contributed by atoms with Crippen LogP contribution in [0.15, 0.2) is 17.3 Å². The van der Waals surface area contributed by atoms with Crippen molar-refractivity contribution in [1.82, 2.24) is 0 Å². The number of allylic oxidation sites excluding steroid dienone is 1. The molecule has 0 radical (unpaired) electrons. The zero-order valence-corrected chi connectivity index (χ0v) is 7.19. The quantitative estimate of drug-likeness (QED) is 0.587. The van der Waals surface area contributed by atoms with Crippen molar-refractivity contribution in [3.8, 4) is 0 Å². The normalized spacial score (nSPS) is 26.0. The molecule has 0 aromatic carbocycles. The van der Waals surface area contributed by atoms with Crippen LogP contribution in [0.3, 0.4) is 0 Å². The molecule has 0 aromatic heterocycles. The van der Waals surface area contributed by atoms with Gasteiger partial charge in [0.1, 0.15) is 5.17 Å². The van der Waals surface area contributed by atoms with Crippen LogP contribution >= 0.6 is 27.5 Å². The number of rotatable bonds is 1. The number of aliphatic imine (C=N–C) groups is 1. The maximum Gasteiger partial charge on any atom is 0.106 e. The van der Waals surface area contributed by atoms with Gasteiger partial charge in [-0.15, -0.1) is 0 Å². The van der Waals surface area contributed by atoms with E-state index in [1.807, 2.05) is 0 Å². The molecule has 1 aliphatic heterocycles. The molecule has 0 saturated heterocycles. The second-order valence-corrected chi connectivity index (χ2v) is 3.05. The summed E-state index contributed by atoms with van der Waals surface area (Å²) in [4.78, 5) is 3.91. The number of alkyl halides is 1. The minimum absolute atomic E-state index is 0.537. The third-order valence-corrected chi connectivity index (χ3v) is 2.29. The zero-order chi connectivity index (χ0) is 6.69. The van der Waals surface area contributed by atoms with Gasteiger partial charge in [-0.1, -0.05) is 33.6 Å². The van der Waals surface area contributed by atoms with Crippen molar-refractivity contribution in [2.75, 3.05) is 5.33 Å². The molecular weight excluding hydrogens is 201 g/mol. The molecule has 0 amide bonds. The lowest BCUT2D eigenvalue weighted by molar-refractivity contribution is 0.780. The fourth-order valence-electron chi connectivity index (χ4n) is 0.689. The van der Waals surface area contributed by atoms with Gasteiger partial charge in [0.25, 0.3) is 0 Å². The lowest BCUT2D eigenvalue weighted by Gasteiger charge is -2.09. The highest BCUT2D eigenvalue weighted by molar-refractivity contribution is 9.09. The topological polar surface area (TPSA) is 12.4 Å². The van der Waals surface area contributed by atoms with Gasteiger partial charge in [0.15, 0.2) is 0 Å². The monoisotopic (exact) mass is 207 g/mol. The molecule has 1 aliphatic rings. The van der Waals surface area contributed by atoms with Crippen molar-refractivity contribution in [2.45, 2.75) is 6.42 Å². The fourth-order valence-corrected chi connectivity index (χ4v) is 1.39. The van der Waals surface area contributed by atoms with Gasteiger partial charge in [0.05, 0.1) is 0 Å². The fraction of sp³-hybridized carbons (Fsp3) is 0.500. The van der Waals surface area contributed by atoms with E-state index in [0.29, 0.717) is 11.1 Å². The molecule has 0 aromatic rings. The van der Waals surface area contributed by atoms with Crippen LogP contribution in [0.1, 0.15) is 6.42 Å². The van der Waals surface area contributed by atoms with Crippen LogP contribution < -0.4 is 0 Å². The Bertz CT molecular complexity index is 153. The van der Waals surface area contributed by atoms with Crippen molar-refractivity contribution in [3.63, 3.8) is 0 Å². The highest BCUT2D eigenvalue weighted by Crippen LogP contribution is 2.15. The first-order valence-electron chi connectivity index (χ1n) is 2.77. The van der Waals surface area contributed by atoms with E-state index in [9.17, 15) is 0 Å². The summed E-state index contributed by atoms with van der Waals surface area (Å²) < 4.78 is 0. The van der Waals surface area contributed by atoms with E-state index in [2.05, 4.69) is 27.0 Å². The summed E-state index contributed by atoms with van der Waals surface area (Å²) in [6.07, 6.45) is 4.70. The molecule has 0 fully saturated rings. The molecule has 1 rings (SSSR count). The summed E-state index contributed by atoms with van der Waals surface area (Å²) in [5.41, 5.74) is 0. The summed E-state index contributed by atoms with van der Waals surface area (Å²) >= 11 is 9.04. The predicted molar refractivity (Wildman–Crippen MR) is 44.3 cm³/mol. The van der Waals surface area contributed by atoms with Crippen molar-refractivity contribution in [1.29, 1.82) is 0 Å². The summed E-state index contributed by atoms with van der Waals surface area (Å²) in [6, 6.07) is 0. The summed E-state index contributed by atoms with van der Waals surface area (Å²) in [7, 11) is 0. The number of nitrogens with zero attached hydrogens (tertiary/aromatic N) is 1. The van der Waals surface area contributed by atoms with E-state index in [1.165, 1.54) is 0 Å². The third-order valence-electron chi connectivity index (χ3n) is 1.20. The minimum atomic E-state index is 0.537. The molecule has 0 aliphatic carbocycles. The Morgan fingerprint density at radius 1 is 1.89 bits per heavy atom. The molecule has 9 heavy (non-hydrogen) atoms. The largest absolute Gasteiger partial charge is 0.249 e. The molecule has 1 unspecified atom stereocenters. The van der Waals surface area contributed by atoms with Crippen LogP contribution in [0.25, 0.3) is 0 Å². The van der Waals surface area contributed by atoms with Crippen LogP contribution in [0.4, 0.5) is 0 Å². The Morgan fingerprint density at radius 2 is 2.67 bits per heavy atom. The van der Waals surface area contributed by atoms with E-state index < -0.39 is 0 Å². The van der Waals surface area contributed by atoms with Gasteiger partial charge in [-0.25, -0.2) is 4.99 Å². The van der Waals surface area contributed by atoms with Crippen LogP contribution in [0.5, 0.6) is 0 Å². The number of hydrogen-bond donors (Lipinski definition) is 0. The molecule has 0 bridgehead atoms. The Kier molecular flexibility index (Phi) is 2.73. The zero-order valence-electron chi connectivity index (χ0n) is 4.85. The molecule has 1 nitrogen and oxygen atoms in total. The van der Waals surface area contributed by atoms with Crippen LogP contribution in [-0.4, -0.2) is 10.5 Å². The maximum absolute atomic E-state index is 5.67. The van der Waals surface area contributed by atoms with Crippen LogP contribution in [0, 0.1) is 5.92 Å². The average Bonchev–Trinajstić information content (AvgIpc) is 1.88. The third kappa shape index (κ3) is 2.11. The Labute approximate surface area is 67.9 Å². The summed E-state index contributed by atoms with van der Waals surface area (Å²) in [5.74, 6) is 0.537. The smallest absolute Gasteiger partial charge is 0.106 e. The van der Waals surface area contributed by atoms with Gasteiger partial charge in [-0.05, 0) is 5.92 Å². The van der Waals surface area contributed by atoms with Gasteiger partial charge >= 0.3 is 0 Å². The second kappa shape index (κ2) is 3.37. The molecule has 1 heterocycles. The second-order valence-electron chi connectivity index (χ2n) is 1.97. The van der Waals surface area contributed by atoms with E-state index in [-0.39, 0.29) is 0 Å². The average molecular weight is 208 g/mol. The lowest BCUT2D eigenvalue weighted by Crippen LogP contribution is -2.05. The van der Waals surface area contributed by atoms with Gasteiger partial charge in [0.2, 0.25) is 0 Å². The van der Waals surface area contributed by atoms with Gasteiger partial charge in [-0.3, -0.25) is 0 Å². The van der Waals surface area contributed by atoms with E-state index in [0.717, 1.165) is 11.8 Å². The minimum Gasteiger partial charge on any atom is -0.249 e. The Morgan fingerprint density at radius 3 is 3.11 bits per heavy atom. The molecular formula is C6H7BrClN. The molecule has 0 N–H and O–H groups in total. The number of halogens is 2. The van der Waals surface area contributed by atoms with E-state index in [4.69, 9.17) is 11.6 Å². The Hall–Kier alpha value is 0.180. The molecule has 0 spiro atoms. The first-order valence-corrected chi connectivity index (χ1v) is 4.27. The number of hydrogen-bond acceptors (Lipinski definition) is 1. The highest BCUT2D eigenvalue weighted by Gasteiger charge is 2.08. The molecule has 1 atom stereocenters. The predicted octanol–water partition coefficient (Wildman–Crippen LogP) is 2.55. The highest BCUT2D eigenvalue weighted by atomic mass is 79.9. The standard InChI is InChI=1S/C6H7BrClN/c7-4-5-1-2-9-6(8)3-5/h1-2,5H,3-4H2. The first kappa shape index (κ1) is 7.29. The van der Waals surface area contributed by atoms with E-state index in [1.54, 1.807) is 6.20 Å². The maximum atomic E-state index is 5.67. The van der Waals surface area contributed by atoms with Crippen molar-refractivity contribution < 1.29 is 0 Å². The van der Waals surface area contributed by atoms with E-state index >= 15 is 0 Å². The molecule has 3 heteroatoms. The summed E-state index contributed by atoms with van der Waals surface area (Å²) in [6.45, 7) is 0. The van der Waals surface area contributed by atoms with Crippen LogP contribution in [0.2, 0.25) is 0 Å². The van der Waals surface area contributed by atoms with Crippen molar-refractivity contribution in [2.24, 2.45) is 10.9 Å². The molecule has 50 valence electrons. The first-order chi connectivity index (χ1) is 4.33. The van der Waals surface area contributed by atoms with Crippen LogP contribution in [-0.2, 0) is 0 Å². The van der Waals surface area contributed by atoms with Gasteiger partial charge in [-0.2, -0.15) is 0 Å². The van der Waals surface area contributed by atoms with Crippen molar-refractivity contribution in [3.05, 3.63) is 12.3 Å². The van der Waals surface area contributed by atoms with Gasteiger partial charge < -0.3 is 0 Å².